The summed E-state index contributed by atoms with van der Waals surface area (Å²) in [5.74, 6) is -1.41. The molecule has 0 fully saturated rings. The van der Waals surface area contributed by atoms with Crippen LogP contribution in [-0.2, 0) is 19.6 Å². The lowest BCUT2D eigenvalue weighted by Crippen LogP contribution is -2.19. The number of hydrogen-bond donors (Lipinski definition) is 2. The number of aromatic nitrogens is 4. The predicted octanol–water partition coefficient (Wildman–Crippen LogP) is 4.06. The summed E-state index contributed by atoms with van der Waals surface area (Å²) >= 11 is 11.9. The molecule has 10 nitrogen and oxygen atoms in total. The van der Waals surface area contributed by atoms with E-state index in [9.17, 15) is 13.2 Å². The van der Waals surface area contributed by atoms with Crippen molar-refractivity contribution in [3.63, 3.8) is 0 Å². The van der Waals surface area contributed by atoms with Gasteiger partial charge in [-0.1, -0.05) is 35.3 Å². The normalized spacial score (nSPS) is 12.5. The van der Waals surface area contributed by atoms with Gasteiger partial charge in [0.05, 0.1) is 28.2 Å². The number of nitrogens with zero attached hydrogens (tertiary/aromatic N) is 4. The van der Waals surface area contributed by atoms with Crippen molar-refractivity contribution >= 4 is 61.7 Å². The number of esters is 1. The van der Waals surface area contributed by atoms with Gasteiger partial charge in [-0.05, 0) is 31.2 Å². The number of nitrogens with one attached hydrogen (secondary N) is 1. The first kappa shape index (κ1) is 24.6. The molecule has 3 N–H and O–H groups in total. The Labute approximate surface area is 208 Å². The lowest BCUT2D eigenvalue weighted by molar-refractivity contribution is -0.144. The number of anilines is 2. The Kier molecular flexibility index (Phi) is 6.54. The monoisotopic (exact) mass is 538 g/mol. The van der Waals surface area contributed by atoms with E-state index in [2.05, 4.69) is 19.8 Å². The van der Waals surface area contributed by atoms with Crippen LogP contribution in [0, 0.1) is 5.82 Å². The molecule has 0 saturated carbocycles. The van der Waals surface area contributed by atoms with Crippen LogP contribution < -0.4 is 10.5 Å². The summed E-state index contributed by atoms with van der Waals surface area (Å²) in [5, 5.41) is 4.54. The number of carbonyl (C=O) groups excluding carboxylic acids is 1. The smallest absolute Gasteiger partial charge is 0.330 e. The molecule has 0 bridgehead atoms. The standard InChI is InChI=1S/C21H17Cl2FN6O4S/c1-10(21(31)34-2)30-20-16(19(25)26-9-27-20)18(28-30)11-6-7-14(13(24)8-11)29-35(32,33)15-5-3-4-12(22)17(15)23/h3-10,29H,1-2H3,(H2,25,26,27). The predicted molar refractivity (Wildman–Crippen MR) is 129 cm³/mol. The Bertz CT molecular complexity index is 1580. The van der Waals surface area contributed by atoms with Gasteiger partial charge in [-0.15, -0.1) is 0 Å². The van der Waals surface area contributed by atoms with Gasteiger partial charge < -0.3 is 10.5 Å². The van der Waals surface area contributed by atoms with Crippen LogP contribution >= 0.6 is 23.2 Å². The van der Waals surface area contributed by atoms with Gasteiger partial charge in [0, 0.05) is 5.56 Å². The highest BCUT2D eigenvalue weighted by molar-refractivity contribution is 7.92. The van der Waals surface area contributed by atoms with E-state index in [0.717, 1.165) is 6.07 Å². The van der Waals surface area contributed by atoms with Gasteiger partial charge in [0.2, 0.25) is 0 Å². The van der Waals surface area contributed by atoms with Gasteiger partial charge in [-0.25, -0.2) is 32.3 Å². The number of carbonyl (C=O) groups is 1. The SMILES string of the molecule is COC(=O)C(C)n1nc(-c2ccc(NS(=O)(=O)c3cccc(Cl)c3Cl)c(F)c2)c2c(N)ncnc21. The number of fused-ring (bicyclic) bond motifs is 1. The molecule has 4 rings (SSSR count). The van der Waals surface area contributed by atoms with Gasteiger partial charge in [0.25, 0.3) is 10.0 Å². The van der Waals surface area contributed by atoms with Crippen molar-refractivity contribution in [2.24, 2.45) is 0 Å². The number of nitrogens with two attached hydrogens (primary N) is 1. The number of rotatable bonds is 6. The van der Waals surface area contributed by atoms with Crippen LogP contribution in [0.1, 0.15) is 13.0 Å². The lowest BCUT2D eigenvalue weighted by Gasteiger charge is -2.12. The van der Waals surface area contributed by atoms with E-state index in [0.29, 0.717) is 5.39 Å². The molecule has 35 heavy (non-hydrogen) atoms. The Morgan fingerprint density at radius 1 is 1.23 bits per heavy atom. The number of sulfonamides is 1. The van der Waals surface area contributed by atoms with Crippen molar-refractivity contribution < 1.29 is 22.3 Å². The first-order valence-corrected chi connectivity index (χ1v) is 12.1. The molecule has 0 aliphatic carbocycles. The fraction of sp³-hybridized carbons (Fsp3) is 0.143. The van der Waals surface area contributed by atoms with Crippen LogP contribution in [-0.4, -0.2) is 41.2 Å². The highest BCUT2D eigenvalue weighted by Crippen LogP contribution is 2.34. The van der Waals surface area contributed by atoms with E-state index in [1.165, 1.54) is 48.5 Å². The van der Waals surface area contributed by atoms with Crippen LogP contribution in [0.2, 0.25) is 10.0 Å². The van der Waals surface area contributed by atoms with Crippen molar-refractivity contribution in [2.75, 3.05) is 17.6 Å². The second kappa shape index (κ2) is 9.29. The maximum atomic E-state index is 15.1. The average molecular weight is 539 g/mol. The molecule has 2 aromatic carbocycles. The molecular formula is C21H17Cl2FN6O4S. The van der Waals surface area contributed by atoms with Gasteiger partial charge in [-0.2, -0.15) is 5.10 Å². The molecule has 2 heterocycles. The molecule has 0 aliphatic rings. The third-order valence-corrected chi connectivity index (χ3v) is 7.46. The van der Waals surface area contributed by atoms with Crippen molar-refractivity contribution in [1.29, 1.82) is 0 Å². The number of methoxy groups -OCH3 is 1. The van der Waals surface area contributed by atoms with Crippen molar-refractivity contribution in [1.82, 2.24) is 19.7 Å². The van der Waals surface area contributed by atoms with E-state index in [1.54, 1.807) is 6.92 Å². The number of ether oxygens (including phenoxy) is 1. The minimum atomic E-state index is -4.24. The zero-order valence-corrected chi connectivity index (χ0v) is 20.5. The summed E-state index contributed by atoms with van der Waals surface area (Å²) in [6.07, 6.45) is 1.21. The molecule has 0 spiro atoms. The minimum absolute atomic E-state index is 0.0359. The number of nitrogen functional groups attached to an aromatic ring is 1. The molecule has 2 aromatic heterocycles. The maximum absolute atomic E-state index is 15.1. The molecule has 1 atom stereocenters. The summed E-state index contributed by atoms with van der Waals surface area (Å²) < 4.78 is 48.8. The van der Waals surface area contributed by atoms with Crippen LogP contribution in [0.5, 0.6) is 0 Å². The lowest BCUT2D eigenvalue weighted by atomic mass is 10.1. The number of halogens is 3. The van der Waals surface area contributed by atoms with Gasteiger partial charge in [0.1, 0.15) is 34.6 Å². The largest absolute Gasteiger partial charge is 0.467 e. The van der Waals surface area contributed by atoms with E-state index < -0.39 is 27.9 Å². The van der Waals surface area contributed by atoms with Gasteiger partial charge >= 0.3 is 5.97 Å². The minimum Gasteiger partial charge on any atom is -0.467 e. The molecule has 0 saturated heterocycles. The summed E-state index contributed by atoms with van der Waals surface area (Å²) in [4.78, 5) is 19.9. The zero-order chi connectivity index (χ0) is 25.5. The Hall–Kier alpha value is -3.48. The van der Waals surface area contributed by atoms with Crippen molar-refractivity contribution in [3.8, 4) is 11.3 Å². The molecule has 0 radical (unpaired) electrons. The first-order chi connectivity index (χ1) is 16.5. The van der Waals surface area contributed by atoms with Gasteiger partial charge in [0.15, 0.2) is 5.65 Å². The zero-order valence-electron chi connectivity index (χ0n) is 18.2. The van der Waals surface area contributed by atoms with E-state index in [-0.39, 0.29) is 43.4 Å². The highest BCUT2D eigenvalue weighted by Gasteiger charge is 2.26. The summed E-state index contributed by atoms with van der Waals surface area (Å²) in [6, 6.07) is 6.94. The van der Waals surface area contributed by atoms with Gasteiger partial charge in [-0.3, -0.25) is 4.72 Å². The first-order valence-electron chi connectivity index (χ1n) is 9.88. The fourth-order valence-electron chi connectivity index (χ4n) is 3.37. The second-order valence-corrected chi connectivity index (χ2v) is 9.74. The summed E-state index contributed by atoms with van der Waals surface area (Å²) in [7, 11) is -3.01. The summed E-state index contributed by atoms with van der Waals surface area (Å²) in [5.41, 5.74) is 6.38. The molecule has 0 amide bonds. The molecule has 182 valence electrons. The molecule has 1 unspecified atom stereocenters. The molecular weight excluding hydrogens is 522 g/mol. The highest BCUT2D eigenvalue weighted by atomic mass is 35.5. The third-order valence-electron chi connectivity index (χ3n) is 5.12. The molecule has 0 aliphatic heterocycles. The number of benzene rings is 2. The maximum Gasteiger partial charge on any atom is 0.330 e. The summed E-state index contributed by atoms with van der Waals surface area (Å²) in [6.45, 7) is 1.56. The number of hydrogen-bond acceptors (Lipinski definition) is 8. The van der Waals surface area contributed by atoms with Crippen molar-refractivity contribution in [3.05, 3.63) is 58.6 Å². The molecule has 14 heteroatoms. The van der Waals surface area contributed by atoms with Crippen LogP contribution in [0.15, 0.2) is 47.6 Å². The Morgan fingerprint density at radius 2 is 1.97 bits per heavy atom. The third kappa shape index (κ3) is 4.47. The van der Waals surface area contributed by atoms with Crippen LogP contribution in [0.3, 0.4) is 0 Å². The quantitative estimate of drug-likeness (QED) is 0.350. The van der Waals surface area contributed by atoms with E-state index >= 15 is 4.39 Å². The second-order valence-electron chi connectivity index (χ2n) is 7.30. The van der Waals surface area contributed by atoms with Crippen molar-refractivity contribution in [2.45, 2.75) is 17.9 Å². The fourth-order valence-corrected chi connectivity index (χ4v) is 5.20. The average Bonchev–Trinajstić information content (AvgIpc) is 3.22. The van der Waals surface area contributed by atoms with E-state index in [4.69, 9.17) is 33.7 Å². The van der Waals surface area contributed by atoms with Crippen LogP contribution in [0.4, 0.5) is 15.9 Å². The molecule has 4 aromatic rings. The topological polar surface area (TPSA) is 142 Å². The van der Waals surface area contributed by atoms with E-state index in [1.807, 2.05) is 0 Å². The Morgan fingerprint density at radius 3 is 2.66 bits per heavy atom. The Balaban J connectivity index is 1.77. The van der Waals surface area contributed by atoms with Crippen LogP contribution in [0.25, 0.3) is 22.3 Å².